The highest BCUT2D eigenvalue weighted by molar-refractivity contribution is 5.92. The zero-order chi connectivity index (χ0) is 16.9. The number of hydrogen-bond acceptors (Lipinski definition) is 2. The summed E-state index contributed by atoms with van der Waals surface area (Å²) in [5.41, 5.74) is 4.22. The van der Waals surface area contributed by atoms with Crippen LogP contribution in [0.1, 0.15) is 36.1 Å². The van der Waals surface area contributed by atoms with Crippen LogP contribution in [0, 0.1) is 5.82 Å². The van der Waals surface area contributed by atoms with Gasteiger partial charge < -0.3 is 10.6 Å². The van der Waals surface area contributed by atoms with Gasteiger partial charge in [0.25, 0.3) is 0 Å². The van der Waals surface area contributed by atoms with Crippen LogP contribution in [-0.4, -0.2) is 12.5 Å². The number of rotatable bonds is 4. The number of halogens is 1. The van der Waals surface area contributed by atoms with Crippen LogP contribution in [0.5, 0.6) is 0 Å². The fourth-order valence-corrected chi connectivity index (χ4v) is 2.87. The van der Waals surface area contributed by atoms with Crippen LogP contribution < -0.4 is 10.6 Å². The molecule has 1 atom stereocenters. The summed E-state index contributed by atoms with van der Waals surface area (Å²) in [6.45, 7) is 2.95. The van der Waals surface area contributed by atoms with Gasteiger partial charge in [0, 0.05) is 18.3 Å². The molecule has 2 N–H and O–H groups in total. The fourth-order valence-electron chi connectivity index (χ4n) is 2.87. The summed E-state index contributed by atoms with van der Waals surface area (Å²) in [7, 11) is 0. The van der Waals surface area contributed by atoms with Crippen LogP contribution in [0.4, 0.5) is 10.1 Å². The fraction of sp³-hybridized carbons (Fsp3) is 0.250. The molecule has 0 aliphatic carbocycles. The van der Waals surface area contributed by atoms with Crippen molar-refractivity contribution in [3.05, 3.63) is 71.0 Å². The average Bonchev–Trinajstić information content (AvgIpc) is 2.59. The molecule has 2 aromatic carbocycles. The molecule has 1 aliphatic rings. The van der Waals surface area contributed by atoms with Crippen molar-refractivity contribution in [1.29, 1.82) is 0 Å². The minimum absolute atomic E-state index is 0.0938. The van der Waals surface area contributed by atoms with E-state index in [2.05, 4.69) is 28.8 Å². The maximum Gasteiger partial charge on any atom is 0.244 e. The van der Waals surface area contributed by atoms with Gasteiger partial charge in [-0.05, 0) is 60.7 Å². The second kappa shape index (κ2) is 7.30. The van der Waals surface area contributed by atoms with Crippen LogP contribution in [-0.2, 0) is 11.2 Å². The van der Waals surface area contributed by atoms with E-state index in [-0.39, 0.29) is 17.8 Å². The molecule has 1 amide bonds. The molecule has 2 aromatic rings. The van der Waals surface area contributed by atoms with E-state index in [1.54, 1.807) is 18.2 Å². The quantitative estimate of drug-likeness (QED) is 0.832. The smallest absolute Gasteiger partial charge is 0.244 e. The lowest BCUT2D eigenvalue weighted by molar-refractivity contribution is -0.117. The zero-order valence-corrected chi connectivity index (χ0v) is 13.7. The average molecular weight is 324 g/mol. The highest BCUT2D eigenvalue weighted by Gasteiger charge is 2.12. The Labute approximate surface area is 141 Å². The molecule has 4 heteroatoms. The molecule has 0 radical (unpaired) electrons. The van der Waals surface area contributed by atoms with Crippen LogP contribution in [0.25, 0.3) is 6.08 Å². The predicted molar refractivity (Wildman–Crippen MR) is 95.2 cm³/mol. The van der Waals surface area contributed by atoms with Crippen molar-refractivity contribution in [2.24, 2.45) is 0 Å². The topological polar surface area (TPSA) is 41.1 Å². The molecule has 24 heavy (non-hydrogen) atoms. The second-order valence-electron chi connectivity index (χ2n) is 6.07. The van der Waals surface area contributed by atoms with Gasteiger partial charge in [0.05, 0.1) is 6.04 Å². The third kappa shape index (κ3) is 4.02. The van der Waals surface area contributed by atoms with Crippen molar-refractivity contribution in [3.63, 3.8) is 0 Å². The molecule has 0 saturated carbocycles. The number of nitrogens with one attached hydrogen (secondary N) is 2. The first-order valence-electron chi connectivity index (χ1n) is 8.22. The van der Waals surface area contributed by atoms with Crippen LogP contribution >= 0.6 is 0 Å². The molecule has 3 rings (SSSR count). The molecule has 3 nitrogen and oxygen atoms in total. The molecule has 1 unspecified atom stereocenters. The van der Waals surface area contributed by atoms with Gasteiger partial charge >= 0.3 is 0 Å². The lowest BCUT2D eigenvalue weighted by atomic mass is 9.99. The first-order valence-corrected chi connectivity index (χ1v) is 8.22. The Kier molecular flexibility index (Phi) is 4.94. The number of carbonyl (C=O) groups excluding carboxylic acids is 1. The summed E-state index contributed by atoms with van der Waals surface area (Å²) in [6.07, 6.45) is 5.30. The second-order valence-corrected chi connectivity index (χ2v) is 6.07. The first kappa shape index (κ1) is 16.2. The summed E-state index contributed by atoms with van der Waals surface area (Å²) in [5.74, 6) is -0.509. The van der Waals surface area contributed by atoms with Gasteiger partial charge in [-0.15, -0.1) is 0 Å². The largest absolute Gasteiger partial charge is 0.385 e. The number of anilines is 1. The summed E-state index contributed by atoms with van der Waals surface area (Å²) in [4.78, 5) is 12.1. The molecule has 0 spiro atoms. The van der Waals surface area contributed by atoms with Crippen molar-refractivity contribution >= 4 is 17.7 Å². The van der Waals surface area contributed by atoms with Crippen molar-refractivity contribution in [1.82, 2.24) is 5.32 Å². The number of fused-ring (bicyclic) bond motifs is 1. The van der Waals surface area contributed by atoms with Crippen molar-refractivity contribution in [2.75, 3.05) is 11.9 Å². The normalized spacial score (nSPS) is 14.8. The molecule has 1 heterocycles. The minimum atomic E-state index is -0.313. The Morgan fingerprint density at radius 2 is 2.17 bits per heavy atom. The predicted octanol–water partition coefficient (Wildman–Crippen LogP) is 4.07. The summed E-state index contributed by atoms with van der Waals surface area (Å²) in [5, 5.41) is 6.34. The van der Waals surface area contributed by atoms with Crippen molar-refractivity contribution < 1.29 is 9.18 Å². The Balaban J connectivity index is 1.63. The third-order valence-electron chi connectivity index (χ3n) is 4.21. The third-order valence-corrected chi connectivity index (χ3v) is 4.21. The Morgan fingerprint density at radius 1 is 1.29 bits per heavy atom. The highest BCUT2D eigenvalue weighted by Crippen LogP contribution is 2.25. The van der Waals surface area contributed by atoms with Gasteiger partial charge in [0.15, 0.2) is 0 Å². The highest BCUT2D eigenvalue weighted by atomic mass is 19.1. The van der Waals surface area contributed by atoms with Crippen molar-refractivity contribution in [2.45, 2.75) is 25.8 Å². The monoisotopic (exact) mass is 324 g/mol. The number of benzene rings is 2. The minimum Gasteiger partial charge on any atom is -0.385 e. The molecule has 0 saturated heterocycles. The van der Waals surface area contributed by atoms with E-state index in [4.69, 9.17) is 0 Å². The van der Waals surface area contributed by atoms with Gasteiger partial charge in [-0.2, -0.15) is 0 Å². The lowest BCUT2D eigenvalue weighted by Gasteiger charge is -2.21. The molecule has 0 fully saturated rings. The number of hydrogen-bond donors (Lipinski definition) is 2. The summed E-state index contributed by atoms with van der Waals surface area (Å²) < 4.78 is 13.1. The summed E-state index contributed by atoms with van der Waals surface area (Å²) >= 11 is 0. The molecule has 1 aliphatic heterocycles. The molecular formula is C20H21FN2O. The summed E-state index contributed by atoms with van der Waals surface area (Å²) in [6, 6.07) is 12.3. The molecule has 0 aromatic heterocycles. The Hall–Kier alpha value is -2.62. The van der Waals surface area contributed by atoms with Crippen LogP contribution in [0.2, 0.25) is 0 Å². The van der Waals surface area contributed by atoms with Gasteiger partial charge in [-0.3, -0.25) is 4.79 Å². The maximum absolute atomic E-state index is 13.1. The lowest BCUT2D eigenvalue weighted by Crippen LogP contribution is -2.25. The van der Waals surface area contributed by atoms with E-state index in [9.17, 15) is 9.18 Å². The van der Waals surface area contributed by atoms with E-state index in [1.807, 2.05) is 6.92 Å². The van der Waals surface area contributed by atoms with Gasteiger partial charge in [0.2, 0.25) is 5.91 Å². The van der Waals surface area contributed by atoms with Crippen LogP contribution in [0.15, 0.2) is 48.5 Å². The van der Waals surface area contributed by atoms with Gasteiger partial charge in [-0.1, -0.05) is 24.3 Å². The number of carbonyl (C=O) groups is 1. The maximum atomic E-state index is 13.1. The van der Waals surface area contributed by atoms with E-state index >= 15 is 0 Å². The van der Waals surface area contributed by atoms with E-state index < -0.39 is 0 Å². The van der Waals surface area contributed by atoms with Gasteiger partial charge in [0.1, 0.15) is 5.82 Å². The standard InChI is InChI=1S/C20H21FN2O/c1-14(17-9-8-16-5-3-11-22-19(16)13-17)23-20(24)10-7-15-4-2-6-18(21)12-15/h2,4,6-10,12-14,22H,3,5,11H2,1H3,(H,23,24). The number of aryl methyl sites for hydroxylation is 1. The van der Waals surface area contributed by atoms with Crippen molar-refractivity contribution in [3.8, 4) is 0 Å². The number of amides is 1. The van der Waals surface area contributed by atoms with Crippen LogP contribution in [0.3, 0.4) is 0 Å². The SMILES string of the molecule is CC(NC(=O)C=Cc1cccc(F)c1)c1ccc2c(c1)NCCC2. The molecule has 124 valence electrons. The zero-order valence-electron chi connectivity index (χ0n) is 13.7. The van der Waals surface area contributed by atoms with E-state index in [0.717, 1.165) is 30.6 Å². The first-order chi connectivity index (χ1) is 11.6. The molecular weight excluding hydrogens is 303 g/mol. The Morgan fingerprint density at radius 3 is 3.00 bits per heavy atom. The van der Waals surface area contributed by atoms with Gasteiger partial charge in [-0.25, -0.2) is 4.39 Å². The Bertz CT molecular complexity index is 770. The van der Waals surface area contributed by atoms with E-state index in [0.29, 0.717) is 5.56 Å². The molecule has 0 bridgehead atoms. The van der Waals surface area contributed by atoms with E-state index in [1.165, 1.54) is 23.8 Å².